The Labute approximate surface area is 159 Å². The van der Waals surface area contributed by atoms with E-state index in [9.17, 15) is 8.42 Å². The van der Waals surface area contributed by atoms with Gasteiger partial charge in [0, 0.05) is 38.1 Å². The third-order valence-electron chi connectivity index (χ3n) is 4.26. The molecule has 1 aliphatic heterocycles. The monoisotopic (exact) mass is 406 g/mol. The molecule has 9 heteroatoms. The SMILES string of the molecule is CCNC(=NCC1CCN(S(C)(=O)=O)CC1)N(C)Cc1ccc(Cl)s1. The van der Waals surface area contributed by atoms with Gasteiger partial charge in [0.05, 0.1) is 17.1 Å². The average molecular weight is 407 g/mol. The second kappa shape index (κ2) is 9.21. The normalized spacial score (nSPS) is 17.7. The van der Waals surface area contributed by atoms with E-state index in [1.807, 2.05) is 19.2 Å². The molecular weight excluding hydrogens is 380 g/mol. The molecular formula is C16H27ClN4O2S2. The number of guanidine groups is 1. The predicted octanol–water partition coefficient (Wildman–Crippen LogP) is 2.47. The Kier molecular flexibility index (Phi) is 7.54. The number of aliphatic imine (C=N–C) groups is 1. The number of halogens is 1. The molecule has 0 unspecified atom stereocenters. The number of rotatable bonds is 6. The molecule has 1 fully saturated rings. The number of nitrogens with one attached hydrogen (secondary N) is 1. The lowest BCUT2D eigenvalue weighted by atomic mass is 9.98. The molecule has 25 heavy (non-hydrogen) atoms. The molecule has 1 N–H and O–H groups in total. The largest absolute Gasteiger partial charge is 0.357 e. The highest BCUT2D eigenvalue weighted by Gasteiger charge is 2.24. The van der Waals surface area contributed by atoms with Crippen LogP contribution in [0.25, 0.3) is 0 Å². The van der Waals surface area contributed by atoms with Crippen molar-refractivity contribution in [1.29, 1.82) is 0 Å². The first-order chi connectivity index (χ1) is 11.8. The molecule has 0 atom stereocenters. The van der Waals surface area contributed by atoms with Crippen molar-refractivity contribution in [2.24, 2.45) is 10.9 Å². The van der Waals surface area contributed by atoms with Crippen LogP contribution in [0.2, 0.25) is 4.34 Å². The summed E-state index contributed by atoms with van der Waals surface area (Å²) in [7, 11) is -1.05. The minimum Gasteiger partial charge on any atom is -0.357 e. The Balaban J connectivity index is 1.91. The van der Waals surface area contributed by atoms with Gasteiger partial charge in [-0.3, -0.25) is 4.99 Å². The molecule has 0 spiro atoms. The Bertz CT molecular complexity index is 682. The van der Waals surface area contributed by atoms with E-state index < -0.39 is 10.0 Å². The zero-order valence-electron chi connectivity index (χ0n) is 15.0. The van der Waals surface area contributed by atoms with Crippen molar-refractivity contribution in [3.63, 3.8) is 0 Å². The summed E-state index contributed by atoms with van der Waals surface area (Å²) in [6, 6.07) is 3.95. The lowest BCUT2D eigenvalue weighted by Gasteiger charge is -2.30. The van der Waals surface area contributed by atoms with Gasteiger partial charge in [-0.05, 0) is 37.8 Å². The van der Waals surface area contributed by atoms with Crippen molar-refractivity contribution in [1.82, 2.24) is 14.5 Å². The quantitative estimate of drug-likeness (QED) is 0.582. The minimum absolute atomic E-state index is 0.427. The molecule has 2 heterocycles. The van der Waals surface area contributed by atoms with Crippen LogP contribution in [0.1, 0.15) is 24.6 Å². The first kappa shape index (κ1) is 20.5. The molecule has 0 aliphatic carbocycles. The summed E-state index contributed by atoms with van der Waals surface area (Å²) in [5.74, 6) is 1.30. The molecule has 1 saturated heterocycles. The van der Waals surface area contributed by atoms with Crippen LogP contribution < -0.4 is 5.32 Å². The Morgan fingerprint density at radius 3 is 2.64 bits per heavy atom. The third-order valence-corrected chi connectivity index (χ3v) is 6.78. The van der Waals surface area contributed by atoms with E-state index in [-0.39, 0.29) is 0 Å². The summed E-state index contributed by atoms with van der Waals surface area (Å²) in [4.78, 5) is 8.05. The molecule has 1 aliphatic rings. The van der Waals surface area contributed by atoms with Crippen molar-refractivity contribution >= 4 is 38.9 Å². The van der Waals surface area contributed by atoms with E-state index in [1.165, 1.54) is 11.1 Å². The fourth-order valence-electron chi connectivity index (χ4n) is 2.85. The van der Waals surface area contributed by atoms with E-state index in [0.717, 1.165) is 42.8 Å². The number of hydrogen-bond acceptors (Lipinski definition) is 4. The van der Waals surface area contributed by atoms with Crippen LogP contribution in [-0.4, -0.2) is 63.1 Å². The lowest BCUT2D eigenvalue weighted by Crippen LogP contribution is -2.40. The average Bonchev–Trinajstić information content (AvgIpc) is 2.95. The van der Waals surface area contributed by atoms with E-state index in [4.69, 9.17) is 16.6 Å². The highest BCUT2D eigenvalue weighted by molar-refractivity contribution is 7.88. The number of piperidine rings is 1. The maximum Gasteiger partial charge on any atom is 0.211 e. The van der Waals surface area contributed by atoms with E-state index in [1.54, 1.807) is 15.6 Å². The van der Waals surface area contributed by atoms with Gasteiger partial charge in [0.2, 0.25) is 10.0 Å². The van der Waals surface area contributed by atoms with Crippen molar-refractivity contribution in [2.45, 2.75) is 26.3 Å². The van der Waals surface area contributed by atoms with Crippen LogP contribution in [0.3, 0.4) is 0 Å². The van der Waals surface area contributed by atoms with Gasteiger partial charge < -0.3 is 10.2 Å². The molecule has 1 aromatic heterocycles. The molecule has 0 radical (unpaired) electrons. The number of nitrogens with zero attached hydrogens (tertiary/aromatic N) is 3. The molecule has 0 aromatic carbocycles. The van der Waals surface area contributed by atoms with Gasteiger partial charge in [-0.25, -0.2) is 12.7 Å². The summed E-state index contributed by atoms with van der Waals surface area (Å²) in [6.07, 6.45) is 3.00. The topological polar surface area (TPSA) is 65.0 Å². The second-order valence-corrected chi connectivity index (χ2v) is 10.1. The molecule has 6 nitrogen and oxygen atoms in total. The van der Waals surface area contributed by atoms with Gasteiger partial charge in [0.25, 0.3) is 0 Å². The maximum absolute atomic E-state index is 11.6. The molecule has 0 amide bonds. The first-order valence-electron chi connectivity index (χ1n) is 8.48. The van der Waals surface area contributed by atoms with Crippen LogP contribution in [-0.2, 0) is 16.6 Å². The predicted molar refractivity (Wildman–Crippen MR) is 106 cm³/mol. The maximum atomic E-state index is 11.6. The van der Waals surface area contributed by atoms with E-state index in [2.05, 4.69) is 17.1 Å². The summed E-state index contributed by atoms with van der Waals surface area (Å²) < 4.78 is 25.5. The van der Waals surface area contributed by atoms with Gasteiger partial charge in [0.1, 0.15) is 0 Å². The van der Waals surface area contributed by atoms with Gasteiger partial charge in [-0.1, -0.05) is 11.6 Å². The Morgan fingerprint density at radius 1 is 1.44 bits per heavy atom. The Hall–Kier alpha value is -0.830. The summed E-state index contributed by atoms with van der Waals surface area (Å²) >= 11 is 7.58. The van der Waals surface area contributed by atoms with Gasteiger partial charge in [-0.2, -0.15) is 0 Å². The fourth-order valence-corrected chi connectivity index (χ4v) is 4.87. The standard InChI is InChI=1S/C16H27ClN4O2S2/c1-4-18-16(20(2)12-14-5-6-15(17)24-14)19-11-13-7-9-21(10-8-13)25(3,22)23/h5-6,13H,4,7-12H2,1-3H3,(H,18,19). The third kappa shape index (κ3) is 6.44. The van der Waals surface area contributed by atoms with Crippen LogP contribution in [0, 0.1) is 5.92 Å². The minimum atomic E-state index is -3.07. The highest BCUT2D eigenvalue weighted by Crippen LogP contribution is 2.23. The fraction of sp³-hybridized carbons (Fsp3) is 0.688. The van der Waals surface area contributed by atoms with Crippen LogP contribution in [0.15, 0.2) is 17.1 Å². The van der Waals surface area contributed by atoms with Gasteiger partial charge in [0.15, 0.2) is 5.96 Å². The van der Waals surface area contributed by atoms with Gasteiger partial charge in [-0.15, -0.1) is 11.3 Å². The number of thiophene rings is 1. The number of sulfonamides is 1. The van der Waals surface area contributed by atoms with Crippen molar-refractivity contribution in [3.05, 3.63) is 21.3 Å². The zero-order valence-corrected chi connectivity index (χ0v) is 17.4. The van der Waals surface area contributed by atoms with E-state index in [0.29, 0.717) is 19.0 Å². The van der Waals surface area contributed by atoms with Crippen LogP contribution in [0.5, 0.6) is 0 Å². The lowest BCUT2D eigenvalue weighted by molar-refractivity contribution is 0.279. The Morgan fingerprint density at radius 2 is 2.12 bits per heavy atom. The number of hydrogen-bond donors (Lipinski definition) is 1. The van der Waals surface area contributed by atoms with E-state index >= 15 is 0 Å². The molecule has 142 valence electrons. The second-order valence-electron chi connectivity index (χ2n) is 6.36. The van der Waals surface area contributed by atoms with Crippen LogP contribution in [0.4, 0.5) is 0 Å². The highest BCUT2D eigenvalue weighted by atomic mass is 35.5. The molecule has 0 bridgehead atoms. The summed E-state index contributed by atoms with van der Waals surface area (Å²) in [6.45, 7) is 5.53. The van der Waals surface area contributed by atoms with Gasteiger partial charge >= 0.3 is 0 Å². The summed E-state index contributed by atoms with van der Waals surface area (Å²) in [5.41, 5.74) is 0. The smallest absolute Gasteiger partial charge is 0.211 e. The first-order valence-corrected chi connectivity index (χ1v) is 11.5. The van der Waals surface area contributed by atoms with Crippen molar-refractivity contribution < 1.29 is 8.42 Å². The molecule has 0 saturated carbocycles. The van der Waals surface area contributed by atoms with Crippen LogP contribution >= 0.6 is 22.9 Å². The zero-order chi connectivity index (χ0) is 18.4. The molecule has 2 rings (SSSR count). The van der Waals surface area contributed by atoms with Crippen molar-refractivity contribution in [3.8, 4) is 0 Å². The molecule has 1 aromatic rings. The van der Waals surface area contributed by atoms with Crippen molar-refractivity contribution in [2.75, 3.05) is 39.5 Å². The summed E-state index contributed by atoms with van der Waals surface area (Å²) in [5, 5.41) is 3.32.